The maximum Gasteiger partial charge on any atom is 0.195 e. The van der Waals surface area contributed by atoms with Gasteiger partial charge < -0.3 is 18.9 Å². The van der Waals surface area contributed by atoms with Crippen LogP contribution >= 0.6 is 0 Å². The Kier molecular flexibility index (Phi) is 9.87. The summed E-state index contributed by atoms with van der Waals surface area (Å²) in [6.07, 6.45) is 0. The van der Waals surface area contributed by atoms with E-state index in [1.54, 1.807) is 14.2 Å². The van der Waals surface area contributed by atoms with Crippen LogP contribution in [0.3, 0.4) is 0 Å². The van der Waals surface area contributed by atoms with Crippen LogP contribution < -0.4 is 0 Å². The zero-order valence-electron chi connectivity index (χ0n) is 28.2. The largest absolute Gasteiger partial charge is 0.383 e. The van der Waals surface area contributed by atoms with Gasteiger partial charge in [0.05, 0.1) is 37.3 Å². The van der Waals surface area contributed by atoms with Crippen molar-refractivity contribution >= 4 is 0 Å². The SMILES string of the molecule is COCC1(COC)c2cc(C)c(C)cc2-c2cc(C)c(C)cc21.COCC1(COC)c2cc(F)c(F)c(F)c2-c2c1cc(F)c(F)c2F. The zero-order valence-corrected chi connectivity index (χ0v) is 28.2. The average molecular weight is 673 g/mol. The fourth-order valence-electron chi connectivity index (χ4n) is 7.28. The van der Waals surface area contributed by atoms with Gasteiger partial charge in [-0.05, 0) is 95.5 Å². The van der Waals surface area contributed by atoms with Crippen LogP contribution in [-0.4, -0.2) is 54.9 Å². The average Bonchev–Trinajstić information content (AvgIpc) is 3.42. The van der Waals surface area contributed by atoms with Gasteiger partial charge in [0.1, 0.15) is 0 Å². The third-order valence-corrected chi connectivity index (χ3v) is 9.76. The molecule has 0 bridgehead atoms. The molecule has 0 saturated carbocycles. The second-order valence-corrected chi connectivity index (χ2v) is 12.7. The second-order valence-electron chi connectivity index (χ2n) is 12.7. The van der Waals surface area contributed by atoms with E-state index in [1.165, 1.54) is 58.7 Å². The van der Waals surface area contributed by atoms with E-state index in [0.717, 1.165) is 0 Å². The fraction of sp³-hybridized carbons (Fsp3) is 0.368. The molecule has 0 radical (unpaired) electrons. The van der Waals surface area contributed by atoms with Gasteiger partial charge in [0, 0.05) is 39.6 Å². The molecule has 4 aromatic rings. The third-order valence-electron chi connectivity index (χ3n) is 9.76. The van der Waals surface area contributed by atoms with Crippen LogP contribution in [0.2, 0.25) is 0 Å². The summed E-state index contributed by atoms with van der Waals surface area (Å²) in [6, 6.07) is 10.6. The van der Waals surface area contributed by atoms with Crippen LogP contribution in [0.4, 0.5) is 26.3 Å². The Morgan fingerprint density at radius 2 is 0.708 bits per heavy atom. The van der Waals surface area contributed by atoms with Crippen LogP contribution in [0.25, 0.3) is 22.3 Å². The molecule has 2 aliphatic rings. The third kappa shape index (κ3) is 5.33. The van der Waals surface area contributed by atoms with Gasteiger partial charge in [-0.1, -0.05) is 24.3 Å². The van der Waals surface area contributed by atoms with E-state index in [0.29, 0.717) is 25.3 Å². The number of ether oxygens (including phenoxy) is 4. The number of aryl methyl sites for hydroxylation is 4. The lowest BCUT2D eigenvalue weighted by atomic mass is 9.78. The molecule has 4 nitrogen and oxygen atoms in total. The maximum absolute atomic E-state index is 14.4. The summed E-state index contributed by atoms with van der Waals surface area (Å²) in [5.41, 5.74) is 7.16. The quantitative estimate of drug-likeness (QED) is 0.139. The molecule has 0 heterocycles. The number of methoxy groups -OCH3 is 4. The number of benzene rings is 4. The molecule has 0 fully saturated rings. The molecule has 6 rings (SSSR count). The highest BCUT2D eigenvalue weighted by molar-refractivity contribution is 5.84. The molecule has 0 saturated heterocycles. The van der Waals surface area contributed by atoms with Gasteiger partial charge >= 0.3 is 0 Å². The number of hydrogen-bond acceptors (Lipinski definition) is 4. The topological polar surface area (TPSA) is 36.9 Å². The number of rotatable bonds is 8. The molecule has 0 aliphatic heterocycles. The van der Waals surface area contributed by atoms with E-state index in [-0.39, 0.29) is 29.8 Å². The normalized spacial score (nSPS) is 14.6. The molecule has 0 spiro atoms. The first-order chi connectivity index (χ1) is 22.7. The molecule has 2 aliphatic carbocycles. The van der Waals surface area contributed by atoms with Crippen LogP contribution in [0.1, 0.15) is 44.5 Å². The molecule has 256 valence electrons. The summed E-state index contributed by atoms with van der Waals surface area (Å²) in [7, 11) is 6.08. The first-order valence-electron chi connectivity index (χ1n) is 15.3. The highest BCUT2D eigenvalue weighted by atomic mass is 19.2. The Hall–Kier alpha value is -3.70. The van der Waals surface area contributed by atoms with Gasteiger partial charge in [0.25, 0.3) is 0 Å². The Balaban J connectivity index is 0.000000188. The van der Waals surface area contributed by atoms with Gasteiger partial charge in [0.15, 0.2) is 34.9 Å². The number of halogens is 6. The van der Waals surface area contributed by atoms with Crippen molar-refractivity contribution in [3.05, 3.63) is 116 Å². The highest BCUT2D eigenvalue weighted by Crippen LogP contribution is 2.53. The van der Waals surface area contributed by atoms with Crippen LogP contribution in [0, 0.1) is 62.6 Å². The number of hydrogen-bond donors (Lipinski definition) is 0. The summed E-state index contributed by atoms with van der Waals surface area (Å²) < 4.78 is 105. The lowest BCUT2D eigenvalue weighted by Gasteiger charge is -2.31. The monoisotopic (exact) mass is 672 g/mol. The Labute approximate surface area is 276 Å². The lowest BCUT2D eigenvalue weighted by molar-refractivity contribution is 0.0809. The van der Waals surface area contributed by atoms with Gasteiger partial charge in [0.2, 0.25) is 0 Å². The van der Waals surface area contributed by atoms with Crippen molar-refractivity contribution in [3.8, 4) is 22.3 Å². The summed E-state index contributed by atoms with van der Waals surface area (Å²) in [5, 5.41) is 0. The zero-order chi connectivity index (χ0) is 35.3. The minimum Gasteiger partial charge on any atom is -0.383 e. The maximum atomic E-state index is 14.4. The van der Waals surface area contributed by atoms with Crippen LogP contribution in [-0.2, 0) is 29.8 Å². The molecule has 0 amide bonds. The van der Waals surface area contributed by atoms with Crippen LogP contribution in [0.5, 0.6) is 0 Å². The van der Waals surface area contributed by atoms with Crippen molar-refractivity contribution in [3.63, 3.8) is 0 Å². The molecule has 10 heteroatoms. The Morgan fingerprint density at radius 1 is 0.417 bits per heavy atom. The van der Waals surface area contributed by atoms with Crippen molar-refractivity contribution in [2.24, 2.45) is 0 Å². The van der Waals surface area contributed by atoms with E-state index in [1.807, 2.05) is 0 Å². The Morgan fingerprint density at radius 3 is 1.02 bits per heavy atom. The van der Waals surface area contributed by atoms with Gasteiger partial charge in [-0.3, -0.25) is 0 Å². The molecule has 0 atom stereocenters. The minimum absolute atomic E-state index is 0.202. The van der Waals surface area contributed by atoms with Crippen molar-refractivity contribution in [2.75, 3.05) is 54.9 Å². The summed E-state index contributed by atoms with van der Waals surface area (Å²) in [6.45, 7) is 9.42. The molecular formula is C38H38F6O4. The van der Waals surface area contributed by atoms with E-state index in [4.69, 9.17) is 18.9 Å². The smallest absolute Gasteiger partial charge is 0.195 e. The van der Waals surface area contributed by atoms with E-state index in [2.05, 4.69) is 52.0 Å². The van der Waals surface area contributed by atoms with Gasteiger partial charge in [-0.15, -0.1) is 0 Å². The molecular weight excluding hydrogens is 634 g/mol. The lowest BCUT2D eigenvalue weighted by Crippen LogP contribution is -2.36. The van der Waals surface area contributed by atoms with Crippen molar-refractivity contribution < 1.29 is 45.3 Å². The predicted octanol–water partition coefficient (Wildman–Crippen LogP) is 8.56. The predicted molar refractivity (Wildman–Crippen MR) is 172 cm³/mol. The van der Waals surface area contributed by atoms with Gasteiger partial charge in [-0.25, -0.2) is 26.3 Å². The van der Waals surface area contributed by atoms with E-state index < -0.39 is 51.4 Å². The number of fused-ring (bicyclic) bond motifs is 6. The highest BCUT2D eigenvalue weighted by Gasteiger charge is 2.49. The molecule has 0 N–H and O–H groups in total. The van der Waals surface area contributed by atoms with Gasteiger partial charge in [-0.2, -0.15) is 0 Å². The molecule has 48 heavy (non-hydrogen) atoms. The van der Waals surface area contributed by atoms with E-state index >= 15 is 0 Å². The fourth-order valence-corrected chi connectivity index (χ4v) is 7.28. The van der Waals surface area contributed by atoms with Crippen LogP contribution in [0.15, 0.2) is 36.4 Å². The first-order valence-corrected chi connectivity index (χ1v) is 15.3. The van der Waals surface area contributed by atoms with E-state index in [9.17, 15) is 26.3 Å². The second kappa shape index (κ2) is 13.3. The van der Waals surface area contributed by atoms with Crippen molar-refractivity contribution in [2.45, 2.75) is 38.5 Å². The van der Waals surface area contributed by atoms with Crippen molar-refractivity contribution in [1.29, 1.82) is 0 Å². The first kappa shape index (κ1) is 35.6. The Bertz CT molecular complexity index is 1770. The summed E-state index contributed by atoms with van der Waals surface area (Å²) in [5.74, 6) is -10.1. The summed E-state index contributed by atoms with van der Waals surface area (Å²) >= 11 is 0. The standard InChI is InChI=1S/C21H26O2.C17H12F6O2/c1-13-7-17-18-8-14(2)16(4)10-20(18)21(11-22-5,12-23-6)19(17)9-15(13)3;1-24-5-17(6-25-2)7-3-9(18)13(20)15(22)11(7)12-8(17)4-10(19)14(21)16(12)23/h7-10H,11-12H2,1-6H3;3-4H,5-6H2,1-2H3. The molecule has 4 aromatic carbocycles. The molecule has 0 aromatic heterocycles. The molecule has 0 unspecified atom stereocenters. The summed E-state index contributed by atoms with van der Waals surface area (Å²) in [4.78, 5) is 0. The van der Waals surface area contributed by atoms with Crippen molar-refractivity contribution in [1.82, 2.24) is 0 Å². The minimum atomic E-state index is -1.83.